The third-order valence-electron chi connectivity index (χ3n) is 5.57. The van der Waals surface area contributed by atoms with Crippen molar-refractivity contribution in [2.45, 2.75) is 78.6 Å². The summed E-state index contributed by atoms with van der Waals surface area (Å²) in [4.78, 5) is 38.9. The second-order valence-corrected chi connectivity index (χ2v) is 8.44. The molecule has 0 radical (unpaired) electrons. The Kier molecular flexibility index (Phi) is 12.1. The van der Waals surface area contributed by atoms with Crippen molar-refractivity contribution in [2.24, 2.45) is 17.8 Å². The molecule has 0 aromatic rings. The van der Waals surface area contributed by atoms with Crippen LogP contribution in [0.25, 0.3) is 0 Å². The summed E-state index contributed by atoms with van der Waals surface area (Å²) in [6, 6.07) is -1.54. The molecule has 1 unspecified atom stereocenters. The van der Waals surface area contributed by atoms with E-state index in [2.05, 4.69) is 10.6 Å². The van der Waals surface area contributed by atoms with Crippen molar-refractivity contribution >= 4 is 17.8 Å². The van der Waals surface area contributed by atoms with E-state index in [0.29, 0.717) is 0 Å². The molecule has 8 nitrogen and oxygen atoms in total. The second kappa shape index (κ2) is 12.8. The molecule has 0 saturated carbocycles. The fourth-order valence-corrected chi connectivity index (χ4v) is 3.64. The SMILES string of the molecule is CC[C@H](C)[C@@H]([C@@H](CC(=O)O)OC)N(C)C(=O)[C@@H](NC(=O)C(NC)C(C)C)C(C)C. The summed E-state index contributed by atoms with van der Waals surface area (Å²) in [6.07, 6.45) is -0.0761. The minimum absolute atomic E-state index is 0.0254. The van der Waals surface area contributed by atoms with Crippen LogP contribution in [-0.2, 0) is 19.1 Å². The predicted octanol–water partition coefficient (Wildman–Crippen LogP) is 1.73. The van der Waals surface area contributed by atoms with Crippen LogP contribution in [0.15, 0.2) is 0 Å². The molecule has 170 valence electrons. The molecule has 0 heterocycles. The standard InChI is InChI=1S/C21H41N3O5/c1-10-14(6)19(15(29-9)11-16(25)26)24(8)21(28)18(13(4)5)23-20(27)17(22-7)12(2)3/h12-15,17-19,22H,10-11H2,1-9H3,(H,23,27)(H,25,26)/t14-,15+,17?,18-,19-/m0/s1. The largest absolute Gasteiger partial charge is 0.481 e. The molecule has 0 aromatic carbocycles. The first kappa shape index (κ1) is 27.3. The Balaban J connectivity index is 5.72. The third kappa shape index (κ3) is 7.93. The summed E-state index contributed by atoms with van der Waals surface area (Å²) in [5.74, 6) is -1.48. The molecule has 0 rings (SSSR count). The lowest BCUT2D eigenvalue weighted by molar-refractivity contribution is -0.148. The summed E-state index contributed by atoms with van der Waals surface area (Å²) in [5, 5.41) is 15.1. The van der Waals surface area contributed by atoms with Gasteiger partial charge >= 0.3 is 5.97 Å². The van der Waals surface area contributed by atoms with Crippen molar-refractivity contribution in [3.8, 4) is 0 Å². The Labute approximate surface area is 175 Å². The van der Waals surface area contributed by atoms with E-state index in [1.54, 1.807) is 19.0 Å². The van der Waals surface area contributed by atoms with Gasteiger partial charge in [0.05, 0.1) is 24.6 Å². The van der Waals surface area contributed by atoms with Gasteiger partial charge < -0.3 is 25.4 Å². The van der Waals surface area contributed by atoms with Crippen LogP contribution in [0.4, 0.5) is 0 Å². The van der Waals surface area contributed by atoms with Gasteiger partial charge in [0.2, 0.25) is 11.8 Å². The lowest BCUT2D eigenvalue weighted by atomic mass is 9.90. The van der Waals surface area contributed by atoms with E-state index >= 15 is 0 Å². The number of nitrogens with zero attached hydrogens (tertiary/aromatic N) is 1. The first-order valence-electron chi connectivity index (χ1n) is 10.4. The fourth-order valence-electron chi connectivity index (χ4n) is 3.64. The van der Waals surface area contributed by atoms with E-state index in [9.17, 15) is 19.5 Å². The summed E-state index contributed by atoms with van der Waals surface area (Å²) in [7, 11) is 4.84. The normalized spacial score (nSPS) is 16.8. The Morgan fingerprint density at radius 2 is 1.55 bits per heavy atom. The molecule has 0 saturated heterocycles. The average molecular weight is 416 g/mol. The lowest BCUT2D eigenvalue weighted by Gasteiger charge is -2.39. The Morgan fingerprint density at radius 3 is 1.90 bits per heavy atom. The third-order valence-corrected chi connectivity index (χ3v) is 5.57. The first-order valence-corrected chi connectivity index (χ1v) is 10.4. The van der Waals surface area contributed by atoms with Gasteiger partial charge in [0.15, 0.2) is 0 Å². The van der Waals surface area contributed by atoms with Crippen molar-refractivity contribution in [3.63, 3.8) is 0 Å². The highest BCUT2D eigenvalue weighted by Gasteiger charge is 2.38. The lowest BCUT2D eigenvalue weighted by Crippen LogP contribution is -2.59. The highest BCUT2D eigenvalue weighted by Crippen LogP contribution is 2.23. The van der Waals surface area contributed by atoms with Gasteiger partial charge in [-0.3, -0.25) is 14.4 Å². The number of carboxylic acid groups (broad SMARTS) is 1. The molecular weight excluding hydrogens is 374 g/mol. The molecule has 0 bridgehead atoms. The molecule has 0 aromatic heterocycles. The van der Waals surface area contributed by atoms with Crippen molar-refractivity contribution < 1.29 is 24.2 Å². The van der Waals surface area contributed by atoms with Crippen LogP contribution in [-0.4, -0.2) is 73.2 Å². The van der Waals surface area contributed by atoms with E-state index in [4.69, 9.17) is 4.74 Å². The van der Waals surface area contributed by atoms with Crippen molar-refractivity contribution in [2.75, 3.05) is 21.2 Å². The Bertz CT molecular complexity index is 538. The number of carboxylic acids is 1. The topological polar surface area (TPSA) is 108 Å². The summed E-state index contributed by atoms with van der Waals surface area (Å²) >= 11 is 0. The molecule has 2 amide bonds. The number of carbonyl (C=O) groups excluding carboxylic acids is 2. The van der Waals surface area contributed by atoms with Crippen LogP contribution in [0.5, 0.6) is 0 Å². The van der Waals surface area contributed by atoms with E-state index in [0.717, 1.165) is 6.42 Å². The Hall–Kier alpha value is -1.67. The summed E-state index contributed by atoms with van der Waals surface area (Å²) in [6.45, 7) is 11.6. The molecule has 0 aliphatic carbocycles. The van der Waals surface area contributed by atoms with E-state index in [1.165, 1.54) is 7.11 Å². The van der Waals surface area contributed by atoms with Crippen LogP contribution in [0.3, 0.4) is 0 Å². The van der Waals surface area contributed by atoms with Crippen LogP contribution in [0, 0.1) is 17.8 Å². The molecule has 5 atom stereocenters. The van der Waals surface area contributed by atoms with Crippen LogP contribution in [0.1, 0.15) is 54.4 Å². The number of likely N-dealkylation sites (N-methyl/N-ethyl adjacent to an activating group) is 2. The maximum Gasteiger partial charge on any atom is 0.306 e. The van der Waals surface area contributed by atoms with Crippen molar-refractivity contribution in [3.05, 3.63) is 0 Å². The molecule has 29 heavy (non-hydrogen) atoms. The van der Waals surface area contributed by atoms with E-state index in [1.807, 2.05) is 41.5 Å². The minimum Gasteiger partial charge on any atom is -0.481 e. The van der Waals surface area contributed by atoms with Gasteiger partial charge in [-0.25, -0.2) is 0 Å². The molecule has 0 aliphatic rings. The second-order valence-electron chi connectivity index (χ2n) is 8.44. The highest BCUT2D eigenvalue weighted by molar-refractivity contribution is 5.90. The summed E-state index contributed by atoms with van der Waals surface area (Å²) in [5.41, 5.74) is 0. The van der Waals surface area contributed by atoms with Crippen molar-refractivity contribution in [1.29, 1.82) is 0 Å². The average Bonchev–Trinajstić information content (AvgIpc) is 2.63. The summed E-state index contributed by atoms with van der Waals surface area (Å²) < 4.78 is 5.45. The molecule has 8 heteroatoms. The van der Waals surface area contributed by atoms with Crippen molar-refractivity contribution in [1.82, 2.24) is 15.5 Å². The predicted molar refractivity (Wildman–Crippen MR) is 114 cm³/mol. The monoisotopic (exact) mass is 415 g/mol. The maximum absolute atomic E-state index is 13.4. The number of aliphatic carboxylic acids is 1. The molecule has 0 aliphatic heterocycles. The van der Waals surface area contributed by atoms with Gasteiger partial charge in [-0.2, -0.15) is 0 Å². The number of rotatable bonds is 13. The number of ether oxygens (including phenoxy) is 1. The number of methoxy groups -OCH3 is 1. The molecule has 0 spiro atoms. The number of nitrogens with one attached hydrogen (secondary N) is 2. The van der Waals surface area contributed by atoms with Gasteiger partial charge in [0.25, 0.3) is 0 Å². The van der Waals surface area contributed by atoms with Crippen LogP contribution >= 0.6 is 0 Å². The number of hydrogen-bond acceptors (Lipinski definition) is 5. The van der Waals surface area contributed by atoms with Gasteiger partial charge in [0.1, 0.15) is 6.04 Å². The van der Waals surface area contributed by atoms with Crippen LogP contribution < -0.4 is 10.6 Å². The molecule has 3 N–H and O–H groups in total. The zero-order chi connectivity index (χ0) is 22.9. The minimum atomic E-state index is -0.978. The number of hydrogen-bond donors (Lipinski definition) is 3. The van der Waals surface area contributed by atoms with Gasteiger partial charge in [-0.1, -0.05) is 48.0 Å². The van der Waals surface area contributed by atoms with Gasteiger partial charge in [-0.05, 0) is 24.8 Å². The van der Waals surface area contributed by atoms with Gasteiger partial charge in [0, 0.05) is 14.2 Å². The maximum atomic E-state index is 13.4. The van der Waals surface area contributed by atoms with E-state index < -0.39 is 30.2 Å². The van der Waals surface area contributed by atoms with Crippen LogP contribution in [0.2, 0.25) is 0 Å². The quantitative estimate of drug-likeness (QED) is 0.423. The Morgan fingerprint density at radius 1 is 1.03 bits per heavy atom. The first-order chi connectivity index (χ1) is 13.4. The molecular formula is C21H41N3O5. The zero-order valence-corrected chi connectivity index (χ0v) is 19.5. The number of amides is 2. The van der Waals surface area contributed by atoms with E-state index in [-0.39, 0.29) is 36.0 Å². The number of carbonyl (C=O) groups is 3. The highest BCUT2D eigenvalue weighted by atomic mass is 16.5. The molecule has 0 fully saturated rings. The zero-order valence-electron chi connectivity index (χ0n) is 19.5. The smallest absolute Gasteiger partial charge is 0.306 e. The van der Waals surface area contributed by atoms with Gasteiger partial charge in [-0.15, -0.1) is 0 Å². The fraction of sp³-hybridized carbons (Fsp3) is 0.857.